The first-order valence-corrected chi connectivity index (χ1v) is 12.7. The van der Waals surface area contributed by atoms with Gasteiger partial charge in [0.05, 0.1) is 22.3 Å². The van der Waals surface area contributed by atoms with Crippen LogP contribution in [0.1, 0.15) is 63.2 Å². The molecular weight excluding hydrogens is 438 g/mol. The summed E-state index contributed by atoms with van der Waals surface area (Å²) in [7, 11) is 0. The molecule has 0 fully saturated rings. The summed E-state index contributed by atoms with van der Waals surface area (Å²) >= 11 is 1.57. The lowest BCUT2D eigenvalue weighted by atomic mass is 9.97. The summed E-state index contributed by atoms with van der Waals surface area (Å²) in [5.74, 6) is -0.200. The molecule has 34 heavy (non-hydrogen) atoms. The molecule has 5 heteroatoms. The van der Waals surface area contributed by atoms with E-state index in [0.717, 1.165) is 53.4 Å². The zero-order valence-corrected chi connectivity index (χ0v) is 20.4. The Kier molecular flexibility index (Phi) is 6.17. The van der Waals surface area contributed by atoms with Gasteiger partial charge in [-0.3, -0.25) is 4.79 Å². The molecule has 0 unspecified atom stereocenters. The number of nitrogens with one attached hydrogen (secondary N) is 1. The van der Waals surface area contributed by atoms with Gasteiger partial charge in [-0.15, -0.1) is 11.3 Å². The molecule has 0 atom stereocenters. The fraction of sp³-hybridized carbons (Fsp3) is 0.276. The second-order valence-electron chi connectivity index (χ2n) is 9.06. The zero-order valence-electron chi connectivity index (χ0n) is 19.6. The van der Waals surface area contributed by atoms with E-state index in [1.165, 1.54) is 28.8 Å². The lowest BCUT2D eigenvalue weighted by Gasteiger charge is -2.11. The number of carbonyl (C=O) groups is 1. The summed E-state index contributed by atoms with van der Waals surface area (Å²) in [6.07, 6.45) is 6.57. The maximum atomic E-state index is 13.6. The number of carbonyl (C=O) groups excluding carboxylic acids is 1. The molecule has 0 spiro atoms. The molecule has 0 radical (unpaired) electrons. The number of benzene rings is 2. The number of thiophene rings is 1. The molecule has 2 heterocycles. The summed E-state index contributed by atoms with van der Waals surface area (Å²) < 4.78 is 0. The number of amides is 1. The van der Waals surface area contributed by atoms with Gasteiger partial charge in [0.25, 0.3) is 5.91 Å². The van der Waals surface area contributed by atoms with Crippen LogP contribution in [-0.4, -0.2) is 10.9 Å². The van der Waals surface area contributed by atoms with Crippen LogP contribution >= 0.6 is 11.3 Å². The summed E-state index contributed by atoms with van der Waals surface area (Å²) in [6, 6.07) is 18.2. The quantitative estimate of drug-likeness (QED) is 0.344. The van der Waals surface area contributed by atoms with Crippen LogP contribution in [0.2, 0.25) is 0 Å². The summed E-state index contributed by atoms with van der Waals surface area (Å²) in [5.41, 5.74) is 7.30. The third kappa shape index (κ3) is 4.22. The lowest BCUT2D eigenvalue weighted by Crippen LogP contribution is -2.13. The Morgan fingerprint density at radius 2 is 1.79 bits per heavy atom. The third-order valence-corrected chi connectivity index (χ3v) is 7.98. The van der Waals surface area contributed by atoms with Crippen LogP contribution in [0.4, 0.5) is 5.00 Å². The Bertz CT molecular complexity index is 1440. The van der Waals surface area contributed by atoms with Crippen LogP contribution in [0, 0.1) is 25.2 Å². The van der Waals surface area contributed by atoms with Gasteiger partial charge in [-0.2, -0.15) is 5.26 Å². The van der Waals surface area contributed by atoms with Crippen molar-refractivity contribution in [3.05, 3.63) is 81.2 Å². The molecule has 170 valence electrons. The largest absolute Gasteiger partial charge is 0.312 e. The molecule has 4 aromatic rings. The van der Waals surface area contributed by atoms with Crippen molar-refractivity contribution in [2.24, 2.45) is 0 Å². The number of aryl methyl sites for hydroxylation is 3. The van der Waals surface area contributed by atoms with Crippen LogP contribution in [0.25, 0.3) is 22.2 Å². The van der Waals surface area contributed by atoms with E-state index in [9.17, 15) is 10.1 Å². The minimum atomic E-state index is -0.200. The van der Waals surface area contributed by atoms with Crippen LogP contribution in [0.3, 0.4) is 0 Å². The normalized spacial score (nSPS) is 13.6. The maximum absolute atomic E-state index is 13.6. The topological polar surface area (TPSA) is 65.8 Å². The molecule has 0 saturated heterocycles. The Morgan fingerprint density at radius 3 is 2.59 bits per heavy atom. The number of hydrogen-bond donors (Lipinski definition) is 1. The molecule has 0 saturated carbocycles. The molecule has 1 aliphatic rings. The Balaban J connectivity index is 1.57. The monoisotopic (exact) mass is 465 g/mol. The highest BCUT2D eigenvalue weighted by molar-refractivity contribution is 7.16. The van der Waals surface area contributed by atoms with E-state index in [4.69, 9.17) is 4.98 Å². The number of para-hydroxylation sites is 1. The van der Waals surface area contributed by atoms with Gasteiger partial charge in [0, 0.05) is 15.8 Å². The molecular formula is C29H27N3OS. The second kappa shape index (κ2) is 9.40. The highest BCUT2D eigenvalue weighted by Crippen LogP contribution is 2.37. The van der Waals surface area contributed by atoms with E-state index in [1.807, 2.05) is 36.4 Å². The minimum absolute atomic E-state index is 0.200. The van der Waals surface area contributed by atoms with E-state index in [0.29, 0.717) is 16.1 Å². The molecule has 1 N–H and O–H groups in total. The molecule has 0 bridgehead atoms. The van der Waals surface area contributed by atoms with Gasteiger partial charge in [-0.1, -0.05) is 43.2 Å². The summed E-state index contributed by atoms with van der Waals surface area (Å²) in [5, 5.41) is 14.5. The van der Waals surface area contributed by atoms with Crippen molar-refractivity contribution in [1.29, 1.82) is 5.26 Å². The summed E-state index contributed by atoms with van der Waals surface area (Å²) in [4.78, 5) is 19.7. The van der Waals surface area contributed by atoms with Crippen molar-refractivity contribution < 1.29 is 4.79 Å². The van der Waals surface area contributed by atoms with Gasteiger partial charge in [-0.05, 0) is 74.4 Å². The van der Waals surface area contributed by atoms with Gasteiger partial charge >= 0.3 is 0 Å². The van der Waals surface area contributed by atoms with Crippen LogP contribution < -0.4 is 5.32 Å². The molecule has 1 aliphatic carbocycles. The van der Waals surface area contributed by atoms with E-state index in [1.54, 1.807) is 11.3 Å². The van der Waals surface area contributed by atoms with Crippen LogP contribution in [0.5, 0.6) is 0 Å². The average molecular weight is 466 g/mol. The fourth-order valence-electron chi connectivity index (χ4n) is 4.71. The predicted molar refractivity (Wildman–Crippen MR) is 140 cm³/mol. The Labute approximate surface area is 204 Å². The van der Waals surface area contributed by atoms with Gasteiger partial charge in [0.1, 0.15) is 11.1 Å². The number of rotatable bonds is 3. The standard InChI is InChI=1S/C29H27N3OS/c1-18-13-14-20(15-19(18)2)26-16-23(21-9-7-8-11-25(21)31-26)28(33)32-29-24(17-30)22-10-5-3-4-6-12-27(22)34-29/h7-9,11,13-16H,3-6,10,12H2,1-2H3,(H,32,33). The molecule has 5 rings (SSSR count). The third-order valence-electron chi connectivity index (χ3n) is 6.77. The number of fused-ring (bicyclic) bond motifs is 2. The van der Waals surface area contributed by atoms with E-state index in [-0.39, 0.29) is 5.91 Å². The van der Waals surface area contributed by atoms with Crippen molar-refractivity contribution in [3.8, 4) is 17.3 Å². The van der Waals surface area contributed by atoms with E-state index >= 15 is 0 Å². The SMILES string of the molecule is Cc1ccc(-c2cc(C(=O)Nc3sc4c(c3C#N)CCCCCC4)c3ccccc3n2)cc1C. The van der Waals surface area contributed by atoms with Gasteiger partial charge in [0.15, 0.2) is 0 Å². The Morgan fingerprint density at radius 1 is 1.00 bits per heavy atom. The van der Waals surface area contributed by atoms with Gasteiger partial charge < -0.3 is 5.32 Å². The molecule has 2 aromatic heterocycles. The number of pyridine rings is 1. The van der Waals surface area contributed by atoms with Crippen molar-refractivity contribution in [2.45, 2.75) is 52.4 Å². The number of aromatic nitrogens is 1. The van der Waals surface area contributed by atoms with Crippen LogP contribution in [0.15, 0.2) is 48.5 Å². The van der Waals surface area contributed by atoms with Gasteiger partial charge in [-0.25, -0.2) is 4.98 Å². The van der Waals surface area contributed by atoms with Crippen LogP contribution in [-0.2, 0) is 12.8 Å². The highest BCUT2D eigenvalue weighted by atomic mass is 32.1. The summed E-state index contributed by atoms with van der Waals surface area (Å²) in [6.45, 7) is 4.17. The minimum Gasteiger partial charge on any atom is -0.312 e. The first kappa shape index (κ1) is 22.3. The zero-order chi connectivity index (χ0) is 23.7. The molecule has 0 aliphatic heterocycles. The fourth-order valence-corrected chi connectivity index (χ4v) is 5.94. The van der Waals surface area contributed by atoms with Crippen molar-refractivity contribution in [3.63, 3.8) is 0 Å². The molecule has 1 amide bonds. The first-order valence-electron chi connectivity index (χ1n) is 11.9. The number of anilines is 1. The van der Waals surface area contributed by atoms with Crippen molar-refractivity contribution >= 4 is 33.1 Å². The Hall–Kier alpha value is -3.49. The van der Waals surface area contributed by atoms with Crippen molar-refractivity contribution in [2.75, 3.05) is 5.32 Å². The van der Waals surface area contributed by atoms with E-state index < -0.39 is 0 Å². The average Bonchev–Trinajstić information content (AvgIpc) is 3.14. The molecule has 2 aromatic carbocycles. The number of nitriles is 1. The maximum Gasteiger partial charge on any atom is 0.257 e. The second-order valence-corrected chi connectivity index (χ2v) is 10.2. The molecule has 4 nitrogen and oxygen atoms in total. The number of hydrogen-bond acceptors (Lipinski definition) is 4. The first-order chi connectivity index (χ1) is 16.5. The highest BCUT2D eigenvalue weighted by Gasteiger charge is 2.22. The number of nitrogens with zero attached hydrogens (tertiary/aromatic N) is 2. The lowest BCUT2D eigenvalue weighted by molar-refractivity contribution is 0.102. The smallest absolute Gasteiger partial charge is 0.257 e. The van der Waals surface area contributed by atoms with Gasteiger partial charge in [0.2, 0.25) is 0 Å². The van der Waals surface area contributed by atoms with Crippen molar-refractivity contribution in [1.82, 2.24) is 4.98 Å². The predicted octanol–water partition coefficient (Wildman–Crippen LogP) is 7.36. The van der Waals surface area contributed by atoms with E-state index in [2.05, 4.69) is 37.4 Å².